The summed E-state index contributed by atoms with van der Waals surface area (Å²) in [4.78, 5) is 4.04. The zero-order chi connectivity index (χ0) is 11.9. The number of aromatic nitrogens is 1. The van der Waals surface area contributed by atoms with Crippen molar-refractivity contribution in [2.24, 2.45) is 0 Å². The zero-order valence-corrected chi connectivity index (χ0v) is 9.56. The lowest BCUT2D eigenvalue weighted by Crippen LogP contribution is -1.87. The fourth-order valence-corrected chi connectivity index (χ4v) is 1.55. The van der Waals surface area contributed by atoms with Gasteiger partial charge in [-0.25, -0.2) is 0 Å². The first-order valence-corrected chi connectivity index (χ1v) is 5.51. The van der Waals surface area contributed by atoms with Crippen molar-refractivity contribution in [2.45, 2.75) is 6.42 Å². The van der Waals surface area contributed by atoms with E-state index in [4.69, 9.17) is 0 Å². The van der Waals surface area contributed by atoms with E-state index < -0.39 is 0 Å². The normalized spacial score (nSPS) is 9.18. The average Bonchev–Trinajstić information content (AvgIpc) is 2.39. The van der Waals surface area contributed by atoms with Gasteiger partial charge in [0.25, 0.3) is 0 Å². The zero-order valence-electron chi connectivity index (χ0n) is 9.56. The molecule has 17 heavy (non-hydrogen) atoms. The van der Waals surface area contributed by atoms with Crippen molar-refractivity contribution >= 4 is 0 Å². The maximum atomic E-state index is 4.04. The van der Waals surface area contributed by atoms with Gasteiger partial charge >= 0.3 is 0 Å². The van der Waals surface area contributed by atoms with E-state index in [2.05, 4.69) is 29.5 Å². The Bertz CT molecular complexity index is 559. The van der Waals surface area contributed by atoms with Gasteiger partial charge in [-0.1, -0.05) is 36.1 Å². The van der Waals surface area contributed by atoms with E-state index >= 15 is 0 Å². The van der Waals surface area contributed by atoms with Crippen LogP contribution >= 0.6 is 0 Å². The maximum Gasteiger partial charge on any atom is 0.0432 e. The molecule has 0 unspecified atom stereocenters. The summed E-state index contributed by atoms with van der Waals surface area (Å²) in [7, 11) is 0. The summed E-state index contributed by atoms with van der Waals surface area (Å²) in [5.41, 5.74) is 3.19. The molecule has 0 aliphatic rings. The lowest BCUT2D eigenvalue weighted by atomic mass is 10.0. The molecular weight excluding hydrogens is 206 g/mol. The predicted molar refractivity (Wildman–Crippen MR) is 70.6 cm³/mol. The molecule has 1 nitrogen and oxygen atoms in total. The van der Waals surface area contributed by atoms with Gasteiger partial charge in [-0.2, -0.15) is 0 Å². The van der Waals surface area contributed by atoms with E-state index in [0.717, 1.165) is 17.5 Å². The SMILES string of the molecule is C=CCc1ccccc1C#Cc1cccnc1. The van der Waals surface area contributed by atoms with E-state index in [1.807, 2.05) is 36.4 Å². The van der Waals surface area contributed by atoms with Crippen molar-refractivity contribution in [3.8, 4) is 11.8 Å². The Morgan fingerprint density at radius 1 is 1.12 bits per heavy atom. The van der Waals surface area contributed by atoms with Gasteiger partial charge in [0, 0.05) is 23.5 Å². The minimum absolute atomic E-state index is 0.845. The molecule has 0 aliphatic heterocycles. The highest BCUT2D eigenvalue weighted by Gasteiger charge is 1.95. The molecule has 0 amide bonds. The molecule has 1 aromatic heterocycles. The van der Waals surface area contributed by atoms with Gasteiger partial charge < -0.3 is 0 Å². The van der Waals surface area contributed by atoms with Crippen LogP contribution in [-0.4, -0.2) is 4.98 Å². The summed E-state index contributed by atoms with van der Waals surface area (Å²) in [5, 5.41) is 0. The molecule has 2 rings (SSSR count). The first-order valence-electron chi connectivity index (χ1n) is 5.51. The number of hydrogen-bond donors (Lipinski definition) is 0. The monoisotopic (exact) mass is 219 g/mol. The third-order valence-corrected chi connectivity index (χ3v) is 2.38. The highest BCUT2D eigenvalue weighted by molar-refractivity contribution is 5.46. The van der Waals surface area contributed by atoms with E-state index in [9.17, 15) is 0 Å². The summed E-state index contributed by atoms with van der Waals surface area (Å²) in [6, 6.07) is 12.0. The molecule has 0 saturated carbocycles. The Labute approximate surface area is 102 Å². The third-order valence-electron chi connectivity index (χ3n) is 2.38. The summed E-state index contributed by atoms with van der Waals surface area (Å²) >= 11 is 0. The molecule has 1 heteroatoms. The van der Waals surface area contributed by atoms with Crippen molar-refractivity contribution in [1.82, 2.24) is 4.98 Å². The molecule has 0 N–H and O–H groups in total. The fourth-order valence-electron chi connectivity index (χ4n) is 1.55. The Kier molecular flexibility index (Phi) is 3.72. The summed E-state index contributed by atoms with van der Waals surface area (Å²) < 4.78 is 0. The quantitative estimate of drug-likeness (QED) is 0.558. The van der Waals surface area contributed by atoms with Gasteiger partial charge in [0.2, 0.25) is 0 Å². The highest BCUT2D eigenvalue weighted by Crippen LogP contribution is 2.08. The standard InChI is InChI=1S/C16H13N/c1-2-6-15-8-3-4-9-16(15)11-10-14-7-5-12-17-13-14/h2-5,7-9,12-13H,1,6H2. The second kappa shape index (κ2) is 5.67. The Morgan fingerprint density at radius 2 is 2.00 bits per heavy atom. The topological polar surface area (TPSA) is 12.9 Å². The molecule has 0 fully saturated rings. The van der Waals surface area contributed by atoms with Crippen molar-refractivity contribution in [3.05, 3.63) is 78.1 Å². The van der Waals surface area contributed by atoms with Gasteiger partial charge in [-0.15, -0.1) is 6.58 Å². The van der Waals surface area contributed by atoms with Crippen molar-refractivity contribution in [2.75, 3.05) is 0 Å². The largest absolute Gasteiger partial charge is 0.263 e. The van der Waals surface area contributed by atoms with Crippen LogP contribution in [0.15, 0.2) is 61.4 Å². The van der Waals surface area contributed by atoms with Gasteiger partial charge in [0.05, 0.1) is 0 Å². The molecule has 2 aromatic rings. The number of hydrogen-bond acceptors (Lipinski definition) is 1. The van der Waals surface area contributed by atoms with Crippen LogP contribution < -0.4 is 0 Å². The molecule has 0 spiro atoms. The lowest BCUT2D eigenvalue weighted by molar-refractivity contribution is 1.26. The first kappa shape index (κ1) is 11.2. The molecule has 0 radical (unpaired) electrons. The smallest absolute Gasteiger partial charge is 0.0432 e. The molecular formula is C16H13N. The third kappa shape index (κ3) is 3.06. The number of nitrogens with zero attached hydrogens (tertiary/aromatic N) is 1. The Hall–Kier alpha value is -2.33. The van der Waals surface area contributed by atoms with Crippen molar-refractivity contribution in [1.29, 1.82) is 0 Å². The average molecular weight is 219 g/mol. The number of pyridine rings is 1. The maximum absolute atomic E-state index is 4.04. The van der Waals surface area contributed by atoms with Gasteiger partial charge in [-0.05, 0) is 30.2 Å². The van der Waals surface area contributed by atoms with Crippen LogP contribution in [0.4, 0.5) is 0 Å². The van der Waals surface area contributed by atoms with E-state index in [0.29, 0.717) is 0 Å². The molecule has 1 heterocycles. The van der Waals surface area contributed by atoms with Crippen molar-refractivity contribution in [3.63, 3.8) is 0 Å². The van der Waals surface area contributed by atoms with Crippen LogP contribution in [0.5, 0.6) is 0 Å². The minimum Gasteiger partial charge on any atom is -0.263 e. The molecule has 0 bridgehead atoms. The summed E-state index contributed by atoms with van der Waals surface area (Å²) in [5.74, 6) is 6.29. The fraction of sp³-hybridized carbons (Fsp3) is 0.0625. The van der Waals surface area contributed by atoms with Crippen LogP contribution in [0.3, 0.4) is 0 Å². The summed E-state index contributed by atoms with van der Waals surface area (Å²) in [6.07, 6.45) is 6.25. The molecule has 82 valence electrons. The second-order valence-corrected chi connectivity index (χ2v) is 3.64. The highest BCUT2D eigenvalue weighted by atomic mass is 14.6. The number of rotatable bonds is 2. The van der Waals surface area contributed by atoms with Gasteiger partial charge in [-0.3, -0.25) is 4.98 Å². The number of benzene rings is 1. The van der Waals surface area contributed by atoms with Crippen LogP contribution in [0.1, 0.15) is 16.7 Å². The van der Waals surface area contributed by atoms with E-state index in [-0.39, 0.29) is 0 Å². The van der Waals surface area contributed by atoms with Gasteiger partial charge in [0.15, 0.2) is 0 Å². The Morgan fingerprint density at radius 3 is 2.76 bits per heavy atom. The van der Waals surface area contributed by atoms with Crippen LogP contribution in [0, 0.1) is 11.8 Å². The molecule has 0 saturated heterocycles. The van der Waals surface area contributed by atoms with Crippen LogP contribution in [0.2, 0.25) is 0 Å². The molecule has 0 atom stereocenters. The first-order chi connectivity index (χ1) is 8.40. The Balaban J connectivity index is 2.30. The number of allylic oxidation sites excluding steroid dienone is 1. The van der Waals surface area contributed by atoms with E-state index in [1.165, 1.54) is 5.56 Å². The molecule has 0 aliphatic carbocycles. The van der Waals surface area contributed by atoms with Gasteiger partial charge in [0.1, 0.15) is 0 Å². The predicted octanol–water partition coefficient (Wildman–Crippen LogP) is 3.21. The van der Waals surface area contributed by atoms with Crippen LogP contribution in [-0.2, 0) is 6.42 Å². The van der Waals surface area contributed by atoms with Crippen molar-refractivity contribution < 1.29 is 0 Å². The second-order valence-electron chi connectivity index (χ2n) is 3.64. The van der Waals surface area contributed by atoms with E-state index in [1.54, 1.807) is 12.4 Å². The lowest BCUT2D eigenvalue weighted by Gasteiger charge is -1.99. The minimum atomic E-state index is 0.845. The summed E-state index contributed by atoms with van der Waals surface area (Å²) in [6.45, 7) is 3.76. The van der Waals surface area contributed by atoms with Crippen LogP contribution in [0.25, 0.3) is 0 Å². The molecule has 1 aromatic carbocycles.